The van der Waals surface area contributed by atoms with Crippen molar-refractivity contribution in [1.29, 1.82) is 0 Å². The van der Waals surface area contributed by atoms with Gasteiger partial charge in [0.2, 0.25) is 6.10 Å². The molecular weight excluding hydrogens is 305 g/mol. The van der Waals surface area contributed by atoms with Crippen LogP contribution < -0.4 is 11.1 Å². The van der Waals surface area contributed by atoms with Gasteiger partial charge in [0.25, 0.3) is 5.91 Å². The third-order valence-corrected chi connectivity index (χ3v) is 3.56. The second-order valence-electron chi connectivity index (χ2n) is 4.71. The second kappa shape index (κ2) is 7.04. The molecule has 0 spiro atoms. The fourth-order valence-corrected chi connectivity index (χ4v) is 2.25. The molecule has 22 heavy (non-hydrogen) atoms. The first-order valence-electron chi connectivity index (χ1n) is 6.56. The molecule has 1 atom stereocenters. The number of thiophene rings is 1. The van der Waals surface area contributed by atoms with Crippen molar-refractivity contribution in [3.8, 4) is 0 Å². The molecule has 5 nitrogen and oxygen atoms in total. The van der Waals surface area contributed by atoms with Gasteiger partial charge in [-0.3, -0.25) is 4.79 Å². The summed E-state index contributed by atoms with van der Waals surface area (Å²) < 4.78 is 13.7. The van der Waals surface area contributed by atoms with Crippen molar-refractivity contribution in [2.24, 2.45) is 10.9 Å². The van der Waals surface area contributed by atoms with Crippen LogP contribution >= 0.6 is 11.3 Å². The fraction of sp³-hybridized carbons (Fsp3) is 0.200. The number of anilines is 1. The van der Waals surface area contributed by atoms with Crippen LogP contribution in [0.5, 0.6) is 0 Å². The normalized spacial score (nSPS) is 12.8. The van der Waals surface area contributed by atoms with Gasteiger partial charge in [-0.05, 0) is 43.0 Å². The van der Waals surface area contributed by atoms with Crippen LogP contribution in [0.4, 0.5) is 10.1 Å². The third kappa shape index (κ3) is 4.05. The van der Waals surface area contributed by atoms with Crippen molar-refractivity contribution in [3.05, 3.63) is 52.0 Å². The predicted molar refractivity (Wildman–Crippen MR) is 85.4 cm³/mol. The first kappa shape index (κ1) is 16.0. The molecule has 0 aliphatic carbocycles. The van der Waals surface area contributed by atoms with Crippen molar-refractivity contribution in [2.75, 3.05) is 5.32 Å². The minimum atomic E-state index is -0.905. The van der Waals surface area contributed by atoms with Crippen molar-refractivity contribution in [2.45, 2.75) is 20.0 Å². The number of halogens is 1. The zero-order valence-corrected chi connectivity index (χ0v) is 13.0. The lowest BCUT2D eigenvalue weighted by molar-refractivity contribution is -0.126. The quantitative estimate of drug-likeness (QED) is 0.505. The number of nitrogens with one attached hydrogen (secondary N) is 1. The highest BCUT2D eigenvalue weighted by Crippen LogP contribution is 2.15. The van der Waals surface area contributed by atoms with E-state index in [0.717, 1.165) is 11.1 Å². The Morgan fingerprint density at radius 1 is 1.45 bits per heavy atom. The van der Waals surface area contributed by atoms with E-state index in [1.807, 2.05) is 10.8 Å². The predicted octanol–water partition coefficient (Wildman–Crippen LogP) is 2.86. The van der Waals surface area contributed by atoms with Crippen LogP contribution in [0.2, 0.25) is 0 Å². The number of hydrogen-bond acceptors (Lipinski definition) is 4. The van der Waals surface area contributed by atoms with Crippen molar-refractivity contribution in [3.63, 3.8) is 0 Å². The molecule has 0 radical (unpaired) electrons. The Bertz CT molecular complexity index is 686. The Kier molecular flexibility index (Phi) is 5.11. The number of aryl methyl sites for hydroxylation is 1. The van der Waals surface area contributed by atoms with E-state index in [1.165, 1.54) is 30.4 Å². The van der Waals surface area contributed by atoms with Crippen LogP contribution in [0.25, 0.3) is 0 Å². The molecule has 1 heterocycles. The summed E-state index contributed by atoms with van der Waals surface area (Å²) in [6.07, 6.45) is -0.905. The molecule has 0 fully saturated rings. The summed E-state index contributed by atoms with van der Waals surface area (Å²) in [7, 11) is 0. The minimum absolute atomic E-state index is 0.0980. The molecule has 2 aromatic rings. The topological polar surface area (TPSA) is 76.7 Å². The van der Waals surface area contributed by atoms with E-state index in [-0.39, 0.29) is 11.5 Å². The Hall–Kier alpha value is -2.41. The Balaban J connectivity index is 1.96. The molecule has 1 amide bonds. The van der Waals surface area contributed by atoms with Crippen molar-refractivity contribution in [1.82, 2.24) is 0 Å². The number of oxime groups is 1. The van der Waals surface area contributed by atoms with Crippen LogP contribution in [-0.2, 0) is 9.63 Å². The van der Waals surface area contributed by atoms with Crippen LogP contribution in [0.3, 0.4) is 0 Å². The van der Waals surface area contributed by atoms with Gasteiger partial charge in [-0.25, -0.2) is 4.39 Å². The lowest BCUT2D eigenvalue weighted by Gasteiger charge is -2.11. The summed E-state index contributed by atoms with van der Waals surface area (Å²) in [6.45, 7) is 3.27. The summed E-state index contributed by atoms with van der Waals surface area (Å²) in [5.74, 6) is -0.825. The molecule has 0 aliphatic rings. The zero-order chi connectivity index (χ0) is 16.1. The van der Waals surface area contributed by atoms with Gasteiger partial charge in [-0.1, -0.05) is 11.2 Å². The lowest BCUT2D eigenvalue weighted by atomic mass is 10.2. The maximum absolute atomic E-state index is 13.7. The number of nitrogens with zero attached hydrogens (tertiary/aromatic N) is 1. The Morgan fingerprint density at radius 3 is 2.86 bits per heavy atom. The van der Waals surface area contributed by atoms with Gasteiger partial charge in [0.05, 0.1) is 5.69 Å². The van der Waals surface area contributed by atoms with E-state index < -0.39 is 17.8 Å². The fourth-order valence-electron chi connectivity index (χ4n) is 1.60. The molecule has 116 valence electrons. The van der Waals surface area contributed by atoms with Crippen LogP contribution in [-0.4, -0.2) is 17.8 Å². The van der Waals surface area contributed by atoms with Gasteiger partial charge >= 0.3 is 0 Å². The maximum Gasteiger partial charge on any atom is 0.268 e. The summed E-state index contributed by atoms with van der Waals surface area (Å²) in [4.78, 5) is 17.0. The molecule has 0 aliphatic heterocycles. The molecule has 0 bridgehead atoms. The highest BCUT2D eigenvalue weighted by atomic mass is 32.1. The van der Waals surface area contributed by atoms with E-state index in [9.17, 15) is 9.18 Å². The number of nitrogens with two attached hydrogens (primary N) is 1. The van der Waals surface area contributed by atoms with E-state index in [2.05, 4.69) is 10.5 Å². The highest BCUT2D eigenvalue weighted by Gasteiger charge is 2.16. The maximum atomic E-state index is 13.7. The van der Waals surface area contributed by atoms with E-state index in [0.29, 0.717) is 0 Å². The Labute approximate surface area is 131 Å². The van der Waals surface area contributed by atoms with Gasteiger partial charge in [0, 0.05) is 10.9 Å². The van der Waals surface area contributed by atoms with Crippen molar-refractivity contribution >= 4 is 28.8 Å². The first-order valence-corrected chi connectivity index (χ1v) is 7.50. The van der Waals surface area contributed by atoms with Gasteiger partial charge < -0.3 is 15.9 Å². The summed E-state index contributed by atoms with van der Waals surface area (Å²) in [5.41, 5.74) is 7.31. The van der Waals surface area contributed by atoms with Gasteiger partial charge in [-0.2, -0.15) is 11.3 Å². The minimum Gasteiger partial charge on any atom is -0.381 e. The monoisotopic (exact) mass is 321 g/mol. The number of benzene rings is 1. The average molecular weight is 321 g/mol. The highest BCUT2D eigenvalue weighted by molar-refractivity contribution is 7.08. The molecular formula is C15H16FN3O2S. The van der Waals surface area contributed by atoms with Gasteiger partial charge in [0.1, 0.15) is 5.82 Å². The van der Waals surface area contributed by atoms with E-state index >= 15 is 0 Å². The molecule has 1 aromatic heterocycles. The molecule has 2 rings (SSSR count). The third-order valence-electron chi connectivity index (χ3n) is 2.88. The van der Waals surface area contributed by atoms with Crippen molar-refractivity contribution < 1.29 is 14.0 Å². The van der Waals surface area contributed by atoms with Gasteiger partial charge in [-0.15, -0.1) is 0 Å². The van der Waals surface area contributed by atoms with E-state index in [1.54, 1.807) is 19.1 Å². The summed E-state index contributed by atoms with van der Waals surface area (Å²) in [5, 5.41) is 9.83. The molecule has 0 saturated heterocycles. The molecule has 1 unspecified atom stereocenters. The number of rotatable bonds is 5. The number of amidine groups is 1. The SMILES string of the molecule is Cc1ccc(NC(=O)C(C)ON=C(N)c2ccsc2)c(F)c1. The molecule has 1 aromatic carbocycles. The average Bonchev–Trinajstić information content (AvgIpc) is 3.01. The molecule has 7 heteroatoms. The van der Waals surface area contributed by atoms with E-state index in [4.69, 9.17) is 10.6 Å². The smallest absolute Gasteiger partial charge is 0.268 e. The lowest BCUT2D eigenvalue weighted by Crippen LogP contribution is -2.27. The zero-order valence-electron chi connectivity index (χ0n) is 12.2. The van der Waals surface area contributed by atoms with Crippen LogP contribution in [0, 0.1) is 12.7 Å². The molecule has 3 N–H and O–H groups in total. The first-order chi connectivity index (χ1) is 10.5. The number of carbonyl (C=O) groups excluding carboxylic acids is 1. The number of carbonyl (C=O) groups is 1. The number of hydrogen-bond donors (Lipinski definition) is 2. The summed E-state index contributed by atoms with van der Waals surface area (Å²) in [6, 6.07) is 6.34. The standard InChI is InChI=1S/C15H16FN3O2S/c1-9-3-4-13(12(16)7-9)18-15(20)10(2)21-19-14(17)11-5-6-22-8-11/h3-8,10H,1-2H3,(H2,17,19)(H,18,20). The van der Waals surface area contributed by atoms with Gasteiger partial charge in [0.15, 0.2) is 5.84 Å². The van der Waals surface area contributed by atoms with Crippen LogP contribution in [0.1, 0.15) is 18.1 Å². The largest absolute Gasteiger partial charge is 0.381 e. The molecule has 0 saturated carbocycles. The number of amides is 1. The second-order valence-corrected chi connectivity index (χ2v) is 5.49. The Morgan fingerprint density at radius 2 is 2.23 bits per heavy atom. The van der Waals surface area contributed by atoms with Crippen LogP contribution in [0.15, 0.2) is 40.2 Å². The summed E-state index contributed by atoms with van der Waals surface area (Å²) >= 11 is 1.48.